The summed E-state index contributed by atoms with van der Waals surface area (Å²) in [5.41, 5.74) is -0.988. The Morgan fingerprint density at radius 2 is 1.68 bits per heavy atom. The third kappa shape index (κ3) is 3.27. The Morgan fingerprint density at radius 1 is 1.05 bits per heavy atom. The van der Waals surface area contributed by atoms with E-state index >= 15 is 0 Å². The molecule has 0 saturated carbocycles. The van der Waals surface area contributed by atoms with Crippen molar-refractivity contribution in [2.24, 2.45) is 0 Å². The minimum Gasteiger partial charge on any atom is -0.497 e. The zero-order valence-electron chi connectivity index (χ0n) is 12.4. The molecule has 112 valence electrons. The second-order valence-electron chi connectivity index (χ2n) is 4.55. The Hall–Kier alpha value is -2.77. The molecule has 0 aliphatic rings. The largest absolute Gasteiger partial charge is 0.497 e. The number of rotatable bonds is 3. The van der Waals surface area contributed by atoms with Crippen molar-refractivity contribution in [3.05, 3.63) is 65.7 Å². The van der Waals surface area contributed by atoms with E-state index in [9.17, 15) is 9.90 Å². The highest BCUT2D eigenvalue weighted by molar-refractivity contribution is 5.85. The summed E-state index contributed by atoms with van der Waals surface area (Å²) in [6.07, 6.45) is 0. The highest BCUT2D eigenvalue weighted by Gasteiger charge is 2.37. The Balaban J connectivity index is 2.40. The van der Waals surface area contributed by atoms with Crippen molar-refractivity contribution in [2.45, 2.75) is 5.60 Å². The predicted octanol–water partition coefficient (Wildman–Crippen LogP) is 2.11. The van der Waals surface area contributed by atoms with Gasteiger partial charge < -0.3 is 14.6 Å². The van der Waals surface area contributed by atoms with Crippen LogP contribution in [0.1, 0.15) is 11.1 Å². The van der Waals surface area contributed by atoms with Gasteiger partial charge in [-0.1, -0.05) is 36.3 Å². The fourth-order valence-electron chi connectivity index (χ4n) is 1.91. The molecule has 4 heteroatoms. The number of hydrogen-bond donors (Lipinski definition) is 1. The van der Waals surface area contributed by atoms with Gasteiger partial charge in [0.25, 0.3) is 5.60 Å². The predicted molar refractivity (Wildman–Crippen MR) is 82.2 cm³/mol. The van der Waals surface area contributed by atoms with Crippen LogP contribution in [0, 0.1) is 11.8 Å². The maximum absolute atomic E-state index is 12.0. The van der Waals surface area contributed by atoms with Gasteiger partial charge in [0.2, 0.25) is 0 Å². The molecule has 2 aromatic rings. The number of hydrogen-bond acceptors (Lipinski definition) is 4. The van der Waals surface area contributed by atoms with E-state index in [-0.39, 0.29) is 0 Å². The molecule has 0 heterocycles. The SMILES string of the molecule is COC(=O)C(O)(C#Cc1ccc(OC)cc1)c1ccccc1. The summed E-state index contributed by atoms with van der Waals surface area (Å²) in [5, 5.41) is 10.6. The molecule has 4 nitrogen and oxygen atoms in total. The fraction of sp³-hybridized carbons (Fsp3) is 0.167. The minimum absolute atomic E-state index is 0.364. The molecule has 0 spiro atoms. The van der Waals surface area contributed by atoms with Gasteiger partial charge in [-0.2, -0.15) is 0 Å². The van der Waals surface area contributed by atoms with Crippen LogP contribution in [-0.4, -0.2) is 25.3 Å². The number of methoxy groups -OCH3 is 2. The second-order valence-corrected chi connectivity index (χ2v) is 4.55. The molecule has 0 aliphatic carbocycles. The van der Waals surface area contributed by atoms with E-state index in [0.717, 1.165) is 0 Å². The molecule has 2 aromatic carbocycles. The Kier molecular flexibility index (Phi) is 4.82. The van der Waals surface area contributed by atoms with Crippen molar-refractivity contribution in [3.8, 4) is 17.6 Å². The first-order chi connectivity index (χ1) is 10.6. The van der Waals surface area contributed by atoms with Gasteiger partial charge in [-0.25, -0.2) is 4.79 Å². The van der Waals surface area contributed by atoms with Crippen LogP contribution in [0.5, 0.6) is 5.75 Å². The monoisotopic (exact) mass is 296 g/mol. The van der Waals surface area contributed by atoms with E-state index in [4.69, 9.17) is 4.74 Å². The lowest BCUT2D eigenvalue weighted by Gasteiger charge is -2.19. The first kappa shape index (κ1) is 15.6. The normalized spacial score (nSPS) is 12.5. The average Bonchev–Trinajstić information content (AvgIpc) is 2.60. The van der Waals surface area contributed by atoms with E-state index < -0.39 is 11.6 Å². The molecule has 0 radical (unpaired) electrons. The first-order valence-corrected chi connectivity index (χ1v) is 6.63. The molecular weight excluding hydrogens is 280 g/mol. The third-order valence-corrected chi connectivity index (χ3v) is 3.15. The lowest BCUT2D eigenvalue weighted by atomic mass is 9.94. The van der Waals surface area contributed by atoms with Crippen LogP contribution < -0.4 is 4.74 Å². The summed E-state index contributed by atoms with van der Waals surface area (Å²) in [5.74, 6) is 5.29. The van der Waals surface area contributed by atoms with E-state index in [0.29, 0.717) is 16.9 Å². The lowest BCUT2D eigenvalue weighted by molar-refractivity contribution is -0.157. The van der Waals surface area contributed by atoms with Crippen LogP contribution in [0.25, 0.3) is 0 Å². The molecule has 1 atom stereocenters. The second kappa shape index (κ2) is 6.79. The van der Waals surface area contributed by atoms with Gasteiger partial charge >= 0.3 is 5.97 Å². The summed E-state index contributed by atoms with van der Waals surface area (Å²) in [7, 11) is 2.79. The third-order valence-electron chi connectivity index (χ3n) is 3.15. The maximum atomic E-state index is 12.0. The van der Waals surface area contributed by atoms with Crippen LogP contribution in [0.15, 0.2) is 54.6 Å². The highest BCUT2D eigenvalue weighted by atomic mass is 16.5. The van der Waals surface area contributed by atoms with E-state index in [2.05, 4.69) is 16.6 Å². The molecule has 0 saturated heterocycles. The quantitative estimate of drug-likeness (QED) is 0.696. The van der Waals surface area contributed by atoms with Crippen molar-refractivity contribution in [3.63, 3.8) is 0 Å². The van der Waals surface area contributed by atoms with Crippen LogP contribution in [-0.2, 0) is 15.1 Å². The van der Waals surface area contributed by atoms with Gasteiger partial charge in [0.15, 0.2) is 0 Å². The Labute approximate surface area is 129 Å². The molecule has 0 bridgehead atoms. The molecule has 1 N–H and O–H groups in total. The summed E-state index contributed by atoms with van der Waals surface area (Å²) in [4.78, 5) is 12.0. The molecule has 0 fully saturated rings. The van der Waals surface area contributed by atoms with Crippen molar-refractivity contribution in [2.75, 3.05) is 14.2 Å². The number of aliphatic hydroxyl groups is 1. The van der Waals surface area contributed by atoms with Gasteiger partial charge in [-0.3, -0.25) is 0 Å². The van der Waals surface area contributed by atoms with Gasteiger partial charge in [0, 0.05) is 11.1 Å². The molecule has 0 aromatic heterocycles. The number of carbonyl (C=O) groups excluding carboxylic acids is 1. The van der Waals surface area contributed by atoms with Crippen molar-refractivity contribution in [1.82, 2.24) is 0 Å². The molecule has 22 heavy (non-hydrogen) atoms. The van der Waals surface area contributed by atoms with Gasteiger partial charge in [0.05, 0.1) is 14.2 Å². The number of ether oxygens (including phenoxy) is 2. The fourth-order valence-corrected chi connectivity index (χ4v) is 1.91. The average molecular weight is 296 g/mol. The smallest absolute Gasteiger partial charge is 0.355 e. The summed E-state index contributed by atoms with van der Waals surface area (Å²) in [6.45, 7) is 0. The van der Waals surface area contributed by atoms with Crippen molar-refractivity contribution >= 4 is 5.97 Å². The maximum Gasteiger partial charge on any atom is 0.355 e. The zero-order valence-corrected chi connectivity index (χ0v) is 12.4. The summed E-state index contributed by atoms with van der Waals surface area (Å²) in [6, 6.07) is 15.5. The van der Waals surface area contributed by atoms with Crippen LogP contribution in [0.3, 0.4) is 0 Å². The van der Waals surface area contributed by atoms with Crippen molar-refractivity contribution < 1.29 is 19.4 Å². The summed E-state index contributed by atoms with van der Waals surface area (Å²) < 4.78 is 9.75. The van der Waals surface area contributed by atoms with E-state index in [1.807, 2.05) is 0 Å². The standard InChI is InChI=1S/C18H16O4/c1-21-16-10-8-14(9-11-16)12-13-18(20,17(19)22-2)15-6-4-3-5-7-15/h3-11,20H,1-2H3. The van der Waals surface area contributed by atoms with Crippen LogP contribution in [0.2, 0.25) is 0 Å². The molecule has 2 rings (SSSR count). The van der Waals surface area contributed by atoms with E-state index in [1.54, 1.807) is 61.7 Å². The molecule has 1 unspecified atom stereocenters. The topological polar surface area (TPSA) is 55.8 Å². The van der Waals surface area contributed by atoms with Gasteiger partial charge in [0.1, 0.15) is 5.75 Å². The molecule has 0 amide bonds. The first-order valence-electron chi connectivity index (χ1n) is 6.63. The highest BCUT2D eigenvalue weighted by Crippen LogP contribution is 2.22. The molecule has 0 aliphatic heterocycles. The zero-order chi connectivity index (χ0) is 16.0. The van der Waals surface area contributed by atoms with Crippen LogP contribution in [0.4, 0.5) is 0 Å². The number of benzene rings is 2. The Morgan fingerprint density at radius 3 is 2.23 bits per heavy atom. The van der Waals surface area contributed by atoms with Gasteiger partial charge in [-0.05, 0) is 30.2 Å². The van der Waals surface area contributed by atoms with E-state index in [1.165, 1.54) is 7.11 Å². The number of esters is 1. The lowest BCUT2D eigenvalue weighted by Crippen LogP contribution is -2.35. The van der Waals surface area contributed by atoms with Crippen molar-refractivity contribution in [1.29, 1.82) is 0 Å². The Bertz CT molecular complexity index is 695. The van der Waals surface area contributed by atoms with Gasteiger partial charge in [-0.15, -0.1) is 0 Å². The number of carbonyl (C=O) groups is 1. The minimum atomic E-state index is -2.00. The summed E-state index contributed by atoms with van der Waals surface area (Å²) >= 11 is 0. The van der Waals surface area contributed by atoms with Crippen LogP contribution >= 0.6 is 0 Å². The molecular formula is C18H16O4.